The Hall–Kier alpha value is -1.14. The average Bonchev–Trinajstić information content (AvgIpc) is 2.07. The summed E-state index contributed by atoms with van der Waals surface area (Å²) < 4.78 is 36.0. The van der Waals surface area contributed by atoms with Gasteiger partial charge in [-0.15, -0.1) is 0 Å². The van der Waals surface area contributed by atoms with E-state index >= 15 is 0 Å². The van der Waals surface area contributed by atoms with Crippen LogP contribution in [0.1, 0.15) is 0 Å². The third-order valence-corrected chi connectivity index (χ3v) is 3.89. The fourth-order valence-electron chi connectivity index (χ4n) is 1.32. The molecule has 80 valence electrons. The van der Waals surface area contributed by atoms with Crippen LogP contribution in [-0.2, 0) is 14.6 Å². The van der Waals surface area contributed by atoms with Crippen LogP contribution in [-0.4, -0.2) is 20.1 Å². The van der Waals surface area contributed by atoms with E-state index in [2.05, 4.69) is 5.32 Å². The molecule has 0 spiro atoms. The Kier molecular flexibility index (Phi) is 2.20. The molecular formula is C8H5ClFNO3S. The predicted octanol–water partition coefficient (Wildman–Crippen LogP) is 1.20. The van der Waals surface area contributed by atoms with Crippen molar-refractivity contribution in [2.24, 2.45) is 0 Å². The number of halogens is 2. The molecule has 0 saturated heterocycles. The highest BCUT2D eigenvalue weighted by Crippen LogP contribution is 2.31. The molecule has 1 aliphatic heterocycles. The molecule has 0 aliphatic carbocycles. The molecule has 2 rings (SSSR count). The molecule has 15 heavy (non-hydrogen) atoms. The minimum Gasteiger partial charge on any atom is -0.324 e. The Morgan fingerprint density at radius 2 is 2.07 bits per heavy atom. The lowest BCUT2D eigenvalue weighted by Crippen LogP contribution is -2.29. The van der Waals surface area contributed by atoms with E-state index in [1.54, 1.807) is 0 Å². The van der Waals surface area contributed by atoms with Gasteiger partial charge >= 0.3 is 0 Å². The number of hydrogen-bond acceptors (Lipinski definition) is 3. The molecule has 1 heterocycles. The zero-order valence-corrected chi connectivity index (χ0v) is 8.82. The van der Waals surface area contributed by atoms with Gasteiger partial charge in [0.25, 0.3) is 0 Å². The molecule has 7 heteroatoms. The van der Waals surface area contributed by atoms with Crippen molar-refractivity contribution in [3.8, 4) is 0 Å². The topological polar surface area (TPSA) is 63.2 Å². The standard InChI is InChI=1S/C8H5ClFNO3S/c9-4-1-6-7(2-5(4)10)15(13,14)3-8(12)11-6/h1-2H,3H2,(H,11,12). The van der Waals surface area contributed by atoms with Gasteiger partial charge in [-0.05, 0) is 12.1 Å². The van der Waals surface area contributed by atoms with Crippen LogP contribution in [0.4, 0.5) is 10.1 Å². The maximum absolute atomic E-state index is 13.0. The van der Waals surface area contributed by atoms with Gasteiger partial charge in [-0.3, -0.25) is 4.79 Å². The van der Waals surface area contributed by atoms with E-state index in [1.165, 1.54) is 0 Å². The van der Waals surface area contributed by atoms with Gasteiger partial charge in [0.05, 0.1) is 15.6 Å². The molecule has 0 aromatic heterocycles. The second-order valence-electron chi connectivity index (χ2n) is 3.07. The molecule has 1 aromatic carbocycles. The van der Waals surface area contributed by atoms with Crippen LogP contribution >= 0.6 is 11.6 Å². The number of nitrogens with one attached hydrogen (secondary N) is 1. The van der Waals surface area contributed by atoms with Crippen LogP contribution in [0.5, 0.6) is 0 Å². The van der Waals surface area contributed by atoms with Crippen LogP contribution in [0.25, 0.3) is 0 Å². The third-order valence-electron chi connectivity index (χ3n) is 1.95. The van der Waals surface area contributed by atoms with Gasteiger partial charge in [0.2, 0.25) is 5.91 Å². The Bertz CT molecular complexity index is 555. The van der Waals surface area contributed by atoms with E-state index in [9.17, 15) is 17.6 Å². The first kappa shape index (κ1) is 10.4. The summed E-state index contributed by atoms with van der Waals surface area (Å²) >= 11 is 5.47. The molecule has 1 amide bonds. The first-order valence-corrected chi connectivity index (χ1v) is 5.95. The lowest BCUT2D eigenvalue weighted by Gasteiger charge is -2.17. The monoisotopic (exact) mass is 249 g/mol. The Balaban J connectivity index is 2.74. The smallest absolute Gasteiger partial charge is 0.239 e. The highest BCUT2D eigenvalue weighted by atomic mass is 35.5. The summed E-state index contributed by atoms with van der Waals surface area (Å²) in [5.74, 6) is -2.14. The molecule has 0 bridgehead atoms. The molecular weight excluding hydrogens is 245 g/mol. The summed E-state index contributed by atoms with van der Waals surface area (Å²) in [5.41, 5.74) is 0.0256. The van der Waals surface area contributed by atoms with Crippen molar-refractivity contribution < 1.29 is 17.6 Å². The maximum atomic E-state index is 13.0. The van der Waals surface area contributed by atoms with Crippen molar-refractivity contribution in [2.75, 3.05) is 11.1 Å². The van der Waals surface area contributed by atoms with E-state index in [0.29, 0.717) is 0 Å². The Morgan fingerprint density at radius 3 is 2.73 bits per heavy atom. The Morgan fingerprint density at radius 1 is 1.40 bits per heavy atom. The van der Waals surface area contributed by atoms with Gasteiger partial charge in [-0.2, -0.15) is 0 Å². The van der Waals surface area contributed by atoms with Crippen LogP contribution < -0.4 is 5.32 Å². The lowest BCUT2D eigenvalue weighted by atomic mass is 10.3. The van der Waals surface area contributed by atoms with Crippen LogP contribution in [0, 0.1) is 5.82 Å². The molecule has 1 N–H and O–H groups in total. The number of fused-ring (bicyclic) bond motifs is 1. The van der Waals surface area contributed by atoms with Crippen molar-refractivity contribution >= 4 is 33.0 Å². The molecule has 0 fully saturated rings. The van der Waals surface area contributed by atoms with E-state index in [1.807, 2.05) is 0 Å². The zero-order chi connectivity index (χ0) is 11.2. The number of carbonyl (C=O) groups is 1. The first-order valence-electron chi connectivity index (χ1n) is 3.92. The van der Waals surface area contributed by atoms with Crippen molar-refractivity contribution in [1.82, 2.24) is 0 Å². The fraction of sp³-hybridized carbons (Fsp3) is 0.125. The fourth-order valence-corrected chi connectivity index (χ4v) is 2.78. The first-order chi connectivity index (χ1) is 6.90. The summed E-state index contributed by atoms with van der Waals surface area (Å²) in [5, 5.41) is 2.08. The highest BCUT2D eigenvalue weighted by molar-refractivity contribution is 7.92. The minimum absolute atomic E-state index is 0.0256. The number of carbonyl (C=O) groups excluding carboxylic acids is 1. The minimum atomic E-state index is -3.74. The highest BCUT2D eigenvalue weighted by Gasteiger charge is 2.29. The summed E-state index contributed by atoms with van der Waals surface area (Å²) in [6.07, 6.45) is 0. The second-order valence-corrected chi connectivity index (χ2v) is 5.43. The van der Waals surface area contributed by atoms with Gasteiger partial charge in [0.1, 0.15) is 11.6 Å². The quantitative estimate of drug-likeness (QED) is 0.752. The number of benzene rings is 1. The number of hydrogen-bond donors (Lipinski definition) is 1. The average molecular weight is 250 g/mol. The van der Waals surface area contributed by atoms with Crippen LogP contribution in [0.3, 0.4) is 0 Å². The number of sulfone groups is 1. The van der Waals surface area contributed by atoms with Gasteiger partial charge in [-0.25, -0.2) is 12.8 Å². The number of amides is 1. The molecule has 0 atom stereocenters. The second kappa shape index (κ2) is 3.18. The van der Waals surface area contributed by atoms with Gasteiger partial charge < -0.3 is 5.32 Å². The van der Waals surface area contributed by atoms with E-state index in [4.69, 9.17) is 11.6 Å². The number of rotatable bonds is 0. The number of anilines is 1. The molecule has 1 aromatic rings. The predicted molar refractivity (Wildman–Crippen MR) is 52.1 cm³/mol. The summed E-state index contributed by atoms with van der Waals surface area (Å²) in [4.78, 5) is 10.8. The SMILES string of the molecule is O=C1CS(=O)(=O)c2cc(F)c(Cl)cc2N1. The summed E-state index contributed by atoms with van der Waals surface area (Å²) in [6.45, 7) is 0. The van der Waals surface area contributed by atoms with Crippen LogP contribution in [0.15, 0.2) is 17.0 Å². The third kappa shape index (κ3) is 1.70. The molecule has 0 unspecified atom stereocenters. The van der Waals surface area contributed by atoms with Crippen molar-refractivity contribution in [3.63, 3.8) is 0 Å². The molecule has 0 radical (unpaired) electrons. The maximum Gasteiger partial charge on any atom is 0.239 e. The molecule has 0 saturated carbocycles. The van der Waals surface area contributed by atoms with Crippen molar-refractivity contribution in [2.45, 2.75) is 4.90 Å². The van der Waals surface area contributed by atoms with Gasteiger partial charge in [0, 0.05) is 0 Å². The van der Waals surface area contributed by atoms with Gasteiger partial charge in [-0.1, -0.05) is 11.6 Å². The molecule has 1 aliphatic rings. The van der Waals surface area contributed by atoms with Crippen molar-refractivity contribution in [3.05, 3.63) is 23.0 Å². The zero-order valence-electron chi connectivity index (χ0n) is 7.25. The van der Waals surface area contributed by atoms with Crippen LogP contribution in [0.2, 0.25) is 5.02 Å². The van der Waals surface area contributed by atoms with E-state index < -0.39 is 27.3 Å². The summed E-state index contributed by atoms with van der Waals surface area (Å²) in [7, 11) is -3.74. The summed E-state index contributed by atoms with van der Waals surface area (Å²) in [6, 6.07) is 1.90. The van der Waals surface area contributed by atoms with E-state index in [0.717, 1.165) is 12.1 Å². The van der Waals surface area contributed by atoms with Crippen molar-refractivity contribution in [1.29, 1.82) is 0 Å². The van der Waals surface area contributed by atoms with E-state index in [-0.39, 0.29) is 15.6 Å². The normalized spacial score (nSPS) is 18.1. The largest absolute Gasteiger partial charge is 0.324 e. The molecule has 4 nitrogen and oxygen atoms in total. The Labute approximate surface area is 90.0 Å². The van der Waals surface area contributed by atoms with Gasteiger partial charge in [0.15, 0.2) is 9.84 Å². The lowest BCUT2D eigenvalue weighted by molar-refractivity contribution is -0.114.